The molecule has 1 heterocycles. The van der Waals surface area contributed by atoms with Crippen molar-refractivity contribution in [1.29, 1.82) is 5.26 Å². The largest absolute Gasteiger partial charge is 0.326 e. The second-order valence-corrected chi connectivity index (χ2v) is 6.96. The topological polar surface area (TPSA) is 56.1 Å². The first-order chi connectivity index (χ1) is 12.7. The number of likely N-dealkylation sites (tertiary alicyclic amines) is 1. The van der Waals surface area contributed by atoms with E-state index in [1.54, 1.807) is 24.3 Å². The number of benzene rings is 2. The van der Waals surface area contributed by atoms with E-state index in [-0.39, 0.29) is 5.91 Å². The number of piperidine rings is 1. The van der Waals surface area contributed by atoms with Gasteiger partial charge in [-0.3, -0.25) is 4.79 Å². The molecule has 0 radical (unpaired) electrons. The van der Waals surface area contributed by atoms with Crippen LogP contribution in [0.15, 0.2) is 54.6 Å². The number of carbonyl (C=O) groups excluding carboxylic acids is 1. The zero-order valence-corrected chi connectivity index (χ0v) is 15.0. The Balaban J connectivity index is 1.36. The molecule has 0 aliphatic carbocycles. The fraction of sp³-hybridized carbons (Fsp3) is 0.364. The number of hydrogen-bond acceptors (Lipinski definition) is 3. The van der Waals surface area contributed by atoms with Crippen molar-refractivity contribution in [3.63, 3.8) is 0 Å². The lowest BCUT2D eigenvalue weighted by Gasteiger charge is -2.31. The Morgan fingerprint density at radius 1 is 1.08 bits per heavy atom. The number of nitrogens with zero attached hydrogens (tertiary/aromatic N) is 2. The van der Waals surface area contributed by atoms with Crippen molar-refractivity contribution in [3.8, 4) is 6.07 Å². The van der Waals surface area contributed by atoms with E-state index in [1.807, 2.05) is 0 Å². The molecule has 3 rings (SSSR count). The van der Waals surface area contributed by atoms with Gasteiger partial charge in [0.25, 0.3) is 0 Å². The van der Waals surface area contributed by atoms with E-state index >= 15 is 0 Å². The molecule has 1 amide bonds. The molecule has 0 aromatic heterocycles. The Hall–Kier alpha value is -2.64. The third kappa shape index (κ3) is 5.44. The monoisotopic (exact) mass is 347 g/mol. The fourth-order valence-electron chi connectivity index (χ4n) is 3.47. The van der Waals surface area contributed by atoms with Gasteiger partial charge in [-0.1, -0.05) is 30.3 Å². The lowest BCUT2D eigenvalue weighted by molar-refractivity contribution is -0.116. The minimum absolute atomic E-state index is 0.0288. The summed E-state index contributed by atoms with van der Waals surface area (Å²) in [4.78, 5) is 14.5. The van der Waals surface area contributed by atoms with Crippen LogP contribution in [-0.2, 0) is 11.2 Å². The molecule has 1 aliphatic heterocycles. The SMILES string of the molecule is N#Cc1ccc(NC(=O)CCN2CCC(Cc3ccccc3)CC2)cc1. The Labute approximate surface area is 155 Å². The first-order valence-electron chi connectivity index (χ1n) is 9.29. The smallest absolute Gasteiger partial charge is 0.225 e. The van der Waals surface area contributed by atoms with Crippen molar-refractivity contribution in [3.05, 3.63) is 65.7 Å². The summed E-state index contributed by atoms with van der Waals surface area (Å²) in [6, 6.07) is 19.7. The maximum atomic E-state index is 12.1. The van der Waals surface area contributed by atoms with Crippen LogP contribution in [0.3, 0.4) is 0 Å². The van der Waals surface area contributed by atoms with Crippen LogP contribution in [0.5, 0.6) is 0 Å². The molecule has 1 aliphatic rings. The summed E-state index contributed by atoms with van der Waals surface area (Å²) in [6.45, 7) is 2.95. The van der Waals surface area contributed by atoms with Crippen LogP contribution in [0.1, 0.15) is 30.4 Å². The van der Waals surface area contributed by atoms with E-state index in [0.717, 1.165) is 37.7 Å². The summed E-state index contributed by atoms with van der Waals surface area (Å²) in [5.74, 6) is 0.780. The third-order valence-corrected chi connectivity index (χ3v) is 5.03. The number of amides is 1. The lowest BCUT2D eigenvalue weighted by Crippen LogP contribution is -2.36. The molecular formula is C22H25N3O. The predicted octanol–water partition coefficient (Wildman–Crippen LogP) is 3.84. The number of rotatable bonds is 6. The van der Waals surface area contributed by atoms with E-state index in [0.29, 0.717) is 12.0 Å². The predicted molar refractivity (Wildman–Crippen MR) is 104 cm³/mol. The van der Waals surface area contributed by atoms with Crippen molar-refractivity contribution >= 4 is 11.6 Å². The van der Waals surface area contributed by atoms with Crippen LogP contribution in [0, 0.1) is 17.2 Å². The molecule has 0 spiro atoms. The van der Waals surface area contributed by atoms with Crippen molar-refractivity contribution in [2.45, 2.75) is 25.7 Å². The van der Waals surface area contributed by atoms with Crippen LogP contribution < -0.4 is 5.32 Å². The zero-order valence-electron chi connectivity index (χ0n) is 15.0. The normalized spacial score (nSPS) is 15.3. The van der Waals surface area contributed by atoms with Gasteiger partial charge in [0.2, 0.25) is 5.91 Å². The van der Waals surface area contributed by atoms with E-state index in [9.17, 15) is 4.79 Å². The molecule has 2 aromatic carbocycles. The van der Waals surface area contributed by atoms with Gasteiger partial charge in [0.1, 0.15) is 0 Å². The number of anilines is 1. The van der Waals surface area contributed by atoms with Crippen LogP contribution in [0.2, 0.25) is 0 Å². The highest BCUT2D eigenvalue weighted by Crippen LogP contribution is 2.21. The van der Waals surface area contributed by atoms with Gasteiger partial charge in [-0.25, -0.2) is 0 Å². The minimum Gasteiger partial charge on any atom is -0.326 e. The summed E-state index contributed by atoms with van der Waals surface area (Å²) in [5.41, 5.74) is 2.77. The molecule has 26 heavy (non-hydrogen) atoms. The average Bonchev–Trinajstić information content (AvgIpc) is 2.69. The Morgan fingerprint density at radius 3 is 2.42 bits per heavy atom. The fourth-order valence-corrected chi connectivity index (χ4v) is 3.47. The summed E-state index contributed by atoms with van der Waals surface area (Å²) < 4.78 is 0. The molecule has 4 nitrogen and oxygen atoms in total. The summed E-state index contributed by atoms with van der Waals surface area (Å²) >= 11 is 0. The van der Waals surface area contributed by atoms with Gasteiger partial charge in [0, 0.05) is 18.7 Å². The molecule has 0 atom stereocenters. The van der Waals surface area contributed by atoms with Crippen LogP contribution in [-0.4, -0.2) is 30.4 Å². The van der Waals surface area contributed by atoms with Crippen LogP contribution in [0.4, 0.5) is 5.69 Å². The second kappa shape index (κ2) is 9.17. The van der Waals surface area contributed by atoms with Crippen molar-refractivity contribution in [1.82, 2.24) is 4.90 Å². The second-order valence-electron chi connectivity index (χ2n) is 6.96. The number of nitrogens with one attached hydrogen (secondary N) is 1. The third-order valence-electron chi connectivity index (χ3n) is 5.03. The molecule has 4 heteroatoms. The molecular weight excluding hydrogens is 322 g/mol. The molecule has 0 bridgehead atoms. The molecule has 1 fully saturated rings. The highest BCUT2D eigenvalue weighted by atomic mass is 16.1. The van der Waals surface area contributed by atoms with Crippen LogP contribution in [0.25, 0.3) is 0 Å². The van der Waals surface area contributed by atoms with Gasteiger partial charge in [-0.05, 0) is 68.1 Å². The Kier molecular flexibility index (Phi) is 6.40. The highest BCUT2D eigenvalue weighted by Gasteiger charge is 2.19. The van der Waals surface area contributed by atoms with Crippen LogP contribution >= 0.6 is 0 Å². The molecule has 0 unspecified atom stereocenters. The molecule has 2 aromatic rings. The van der Waals surface area contributed by atoms with E-state index in [4.69, 9.17) is 5.26 Å². The van der Waals surface area contributed by atoms with Crippen molar-refractivity contribution < 1.29 is 4.79 Å². The maximum absolute atomic E-state index is 12.1. The summed E-state index contributed by atoms with van der Waals surface area (Å²) in [5, 5.41) is 11.7. The lowest BCUT2D eigenvalue weighted by atomic mass is 9.90. The maximum Gasteiger partial charge on any atom is 0.225 e. The zero-order chi connectivity index (χ0) is 18.2. The van der Waals surface area contributed by atoms with E-state index < -0.39 is 0 Å². The quantitative estimate of drug-likeness (QED) is 0.864. The minimum atomic E-state index is 0.0288. The van der Waals surface area contributed by atoms with Gasteiger partial charge < -0.3 is 10.2 Å². The first-order valence-corrected chi connectivity index (χ1v) is 9.29. The molecule has 134 valence electrons. The van der Waals surface area contributed by atoms with Crippen molar-refractivity contribution in [2.75, 3.05) is 25.0 Å². The number of nitriles is 1. The standard InChI is InChI=1S/C22H25N3O/c23-17-20-6-8-21(9-7-20)24-22(26)12-15-25-13-10-19(11-14-25)16-18-4-2-1-3-5-18/h1-9,19H,10-16H2,(H,24,26). The number of carbonyl (C=O) groups is 1. The van der Waals surface area contributed by atoms with E-state index in [1.165, 1.54) is 18.4 Å². The van der Waals surface area contributed by atoms with Gasteiger partial charge in [0.15, 0.2) is 0 Å². The molecule has 1 saturated heterocycles. The average molecular weight is 347 g/mol. The number of hydrogen-bond donors (Lipinski definition) is 1. The summed E-state index contributed by atoms with van der Waals surface area (Å²) in [6.07, 6.45) is 4.06. The Bertz CT molecular complexity index is 741. The Morgan fingerprint density at radius 2 is 1.77 bits per heavy atom. The molecule has 1 N–H and O–H groups in total. The van der Waals surface area contributed by atoms with E-state index in [2.05, 4.69) is 46.6 Å². The summed E-state index contributed by atoms with van der Waals surface area (Å²) in [7, 11) is 0. The first kappa shape index (κ1) is 18.2. The van der Waals surface area contributed by atoms with Crippen molar-refractivity contribution in [2.24, 2.45) is 5.92 Å². The van der Waals surface area contributed by atoms with Gasteiger partial charge in [0.05, 0.1) is 11.6 Å². The highest BCUT2D eigenvalue weighted by molar-refractivity contribution is 5.90. The molecule has 0 saturated carbocycles. The van der Waals surface area contributed by atoms with Gasteiger partial charge in [-0.15, -0.1) is 0 Å². The van der Waals surface area contributed by atoms with Gasteiger partial charge >= 0.3 is 0 Å². The van der Waals surface area contributed by atoms with Gasteiger partial charge in [-0.2, -0.15) is 5.26 Å².